The summed E-state index contributed by atoms with van der Waals surface area (Å²) in [5, 5.41) is 6.82. The standard InChI is InChI=1S/C12H20N4O/c1-17-6-4-10-7-12(15-9-14-10)16-11-3-2-5-13-8-11/h7,9,11,13H,2-6,8H2,1H3,(H,14,15,16). The van der Waals surface area contributed by atoms with Crippen molar-refractivity contribution in [2.24, 2.45) is 0 Å². The van der Waals surface area contributed by atoms with Gasteiger partial charge in [0.25, 0.3) is 0 Å². The Balaban J connectivity index is 1.90. The van der Waals surface area contributed by atoms with Crippen LogP contribution in [0.2, 0.25) is 0 Å². The first-order chi connectivity index (χ1) is 8.38. The monoisotopic (exact) mass is 236 g/mol. The maximum absolute atomic E-state index is 5.04. The smallest absolute Gasteiger partial charge is 0.129 e. The van der Waals surface area contributed by atoms with E-state index in [0.717, 1.165) is 31.0 Å². The number of methoxy groups -OCH3 is 1. The molecule has 0 spiro atoms. The highest BCUT2D eigenvalue weighted by molar-refractivity contribution is 5.36. The number of nitrogens with zero attached hydrogens (tertiary/aromatic N) is 2. The lowest BCUT2D eigenvalue weighted by atomic mass is 10.1. The highest BCUT2D eigenvalue weighted by atomic mass is 16.5. The van der Waals surface area contributed by atoms with Gasteiger partial charge in [-0.3, -0.25) is 0 Å². The summed E-state index contributed by atoms with van der Waals surface area (Å²) in [5.74, 6) is 0.916. The van der Waals surface area contributed by atoms with Crippen LogP contribution < -0.4 is 10.6 Å². The van der Waals surface area contributed by atoms with Crippen LogP contribution in [0, 0.1) is 0 Å². The molecule has 0 radical (unpaired) electrons. The molecule has 1 aliphatic heterocycles. The van der Waals surface area contributed by atoms with E-state index >= 15 is 0 Å². The molecule has 5 nitrogen and oxygen atoms in total. The van der Waals surface area contributed by atoms with Gasteiger partial charge < -0.3 is 15.4 Å². The molecular weight excluding hydrogens is 216 g/mol. The van der Waals surface area contributed by atoms with Crippen LogP contribution in [-0.2, 0) is 11.2 Å². The minimum absolute atomic E-state index is 0.480. The summed E-state index contributed by atoms with van der Waals surface area (Å²) in [7, 11) is 1.70. The van der Waals surface area contributed by atoms with Crippen molar-refractivity contribution in [1.29, 1.82) is 0 Å². The highest BCUT2D eigenvalue weighted by Gasteiger charge is 2.12. The molecule has 2 rings (SSSR count). The molecule has 1 atom stereocenters. The van der Waals surface area contributed by atoms with Gasteiger partial charge in [0.05, 0.1) is 6.61 Å². The molecule has 0 aliphatic carbocycles. The number of hydrogen-bond acceptors (Lipinski definition) is 5. The minimum atomic E-state index is 0.480. The van der Waals surface area contributed by atoms with E-state index in [1.807, 2.05) is 6.07 Å². The van der Waals surface area contributed by atoms with Crippen molar-refractivity contribution in [2.45, 2.75) is 25.3 Å². The summed E-state index contributed by atoms with van der Waals surface area (Å²) < 4.78 is 5.04. The molecule has 1 saturated heterocycles. The zero-order valence-electron chi connectivity index (χ0n) is 10.3. The van der Waals surface area contributed by atoms with Crippen LogP contribution in [0.3, 0.4) is 0 Å². The molecule has 5 heteroatoms. The fourth-order valence-electron chi connectivity index (χ4n) is 2.00. The number of rotatable bonds is 5. The molecule has 2 heterocycles. The fraction of sp³-hybridized carbons (Fsp3) is 0.667. The van der Waals surface area contributed by atoms with Crippen molar-refractivity contribution in [3.8, 4) is 0 Å². The van der Waals surface area contributed by atoms with Crippen LogP contribution in [0.5, 0.6) is 0 Å². The number of aromatic nitrogens is 2. The fourth-order valence-corrected chi connectivity index (χ4v) is 2.00. The normalized spacial score (nSPS) is 20.2. The highest BCUT2D eigenvalue weighted by Crippen LogP contribution is 2.10. The van der Waals surface area contributed by atoms with Crippen LogP contribution in [0.25, 0.3) is 0 Å². The van der Waals surface area contributed by atoms with Crippen LogP contribution in [-0.4, -0.2) is 42.8 Å². The Kier molecular flexibility index (Phi) is 4.70. The first kappa shape index (κ1) is 12.3. The van der Waals surface area contributed by atoms with Crippen molar-refractivity contribution >= 4 is 5.82 Å². The number of ether oxygens (including phenoxy) is 1. The summed E-state index contributed by atoms with van der Waals surface area (Å²) in [6.07, 6.45) is 4.86. The Bertz CT molecular complexity index is 339. The Morgan fingerprint density at radius 3 is 3.24 bits per heavy atom. The van der Waals surface area contributed by atoms with Gasteiger partial charge in [-0.2, -0.15) is 0 Å². The van der Waals surface area contributed by atoms with E-state index in [0.29, 0.717) is 12.6 Å². The molecule has 0 bridgehead atoms. The molecule has 1 fully saturated rings. The van der Waals surface area contributed by atoms with Crippen LogP contribution in [0.1, 0.15) is 18.5 Å². The molecular formula is C12H20N4O. The number of piperidine rings is 1. The van der Waals surface area contributed by atoms with Crippen molar-refractivity contribution < 1.29 is 4.74 Å². The van der Waals surface area contributed by atoms with Gasteiger partial charge in [-0.1, -0.05) is 0 Å². The van der Waals surface area contributed by atoms with Crippen molar-refractivity contribution in [3.63, 3.8) is 0 Å². The second-order valence-electron chi connectivity index (χ2n) is 4.32. The van der Waals surface area contributed by atoms with Crippen molar-refractivity contribution in [1.82, 2.24) is 15.3 Å². The molecule has 0 saturated carbocycles. The van der Waals surface area contributed by atoms with Gasteiger partial charge in [-0.15, -0.1) is 0 Å². The lowest BCUT2D eigenvalue weighted by molar-refractivity contribution is 0.201. The second kappa shape index (κ2) is 6.51. The van der Waals surface area contributed by atoms with E-state index in [1.165, 1.54) is 12.8 Å². The third-order valence-electron chi connectivity index (χ3n) is 2.93. The average molecular weight is 236 g/mol. The largest absolute Gasteiger partial charge is 0.384 e. The van der Waals surface area contributed by atoms with E-state index in [-0.39, 0.29) is 0 Å². The Labute approximate surface area is 102 Å². The van der Waals surface area contributed by atoms with Crippen LogP contribution in [0.15, 0.2) is 12.4 Å². The second-order valence-corrected chi connectivity index (χ2v) is 4.32. The van der Waals surface area contributed by atoms with Gasteiger partial charge in [-0.25, -0.2) is 9.97 Å². The van der Waals surface area contributed by atoms with Gasteiger partial charge in [0.1, 0.15) is 12.1 Å². The van der Waals surface area contributed by atoms with Gasteiger partial charge in [-0.05, 0) is 19.4 Å². The molecule has 0 amide bonds. The number of nitrogens with one attached hydrogen (secondary N) is 2. The van der Waals surface area contributed by atoms with E-state index < -0.39 is 0 Å². The van der Waals surface area contributed by atoms with Crippen molar-refractivity contribution in [2.75, 3.05) is 32.1 Å². The molecule has 0 aromatic carbocycles. The Morgan fingerprint density at radius 1 is 1.53 bits per heavy atom. The van der Waals surface area contributed by atoms with Gasteiger partial charge in [0.15, 0.2) is 0 Å². The summed E-state index contributed by atoms with van der Waals surface area (Å²) in [5.41, 5.74) is 1.02. The van der Waals surface area contributed by atoms with Crippen molar-refractivity contribution in [3.05, 3.63) is 18.1 Å². The number of hydrogen-bond donors (Lipinski definition) is 2. The minimum Gasteiger partial charge on any atom is -0.384 e. The summed E-state index contributed by atoms with van der Waals surface area (Å²) >= 11 is 0. The van der Waals surface area contributed by atoms with E-state index in [1.54, 1.807) is 13.4 Å². The predicted molar refractivity (Wildman–Crippen MR) is 67.1 cm³/mol. The Hall–Kier alpha value is -1.20. The molecule has 1 aromatic heterocycles. The molecule has 2 N–H and O–H groups in total. The first-order valence-electron chi connectivity index (χ1n) is 6.15. The molecule has 17 heavy (non-hydrogen) atoms. The van der Waals surface area contributed by atoms with Crippen LogP contribution in [0.4, 0.5) is 5.82 Å². The van der Waals surface area contributed by atoms with E-state index in [2.05, 4.69) is 20.6 Å². The van der Waals surface area contributed by atoms with Gasteiger partial charge >= 0.3 is 0 Å². The zero-order valence-corrected chi connectivity index (χ0v) is 10.3. The summed E-state index contributed by atoms with van der Waals surface area (Å²) in [6, 6.07) is 2.49. The summed E-state index contributed by atoms with van der Waals surface area (Å²) in [4.78, 5) is 8.47. The van der Waals surface area contributed by atoms with Crippen LogP contribution >= 0.6 is 0 Å². The van der Waals surface area contributed by atoms with Gasteiger partial charge in [0, 0.05) is 37.9 Å². The maximum Gasteiger partial charge on any atom is 0.129 e. The third-order valence-corrected chi connectivity index (χ3v) is 2.93. The summed E-state index contributed by atoms with van der Waals surface area (Å²) in [6.45, 7) is 2.83. The Morgan fingerprint density at radius 2 is 2.47 bits per heavy atom. The molecule has 1 aromatic rings. The first-order valence-corrected chi connectivity index (χ1v) is 6.15. The maximum atomic E-state index is 5.04. The molecule has 1 unspecified atom stereocenters. The SMILES string of the molecule is COCCc1cc(NC2CCCNC2)ncn1. The number of anilines is 1. The topological polar surface area (TPSA) is 59.1 Å². The van der Waals surface area contributed by atoms with E-state index in [9.17, 15) is 0 Å². The molecule has 1 aliphatic rings. The lowest BCUT2D eigenvalue weighted by Gasteiger charge is -2.24. The average Bonchev–Trinajstić information content (AvgIpc) is 2.38. The third kappa shape index (κ3) is 3.94. The molecule has 94 valence electrons. The lowest BCUT2D eigenvalue weighted by Crippen LogP contribution is -2.38. The van der Waals surface area contributed by atoms with Gasteiger partial charge in [0.2, 0.25) is 0 Å². The zero-order chi connectivity index (χ0) is 11.9. The van der Waals surface area contributed by atoms with E-state index in [4.69, 9.17) is 4.74 Å². The quantitative estimate of drug-likeness (QED) is 0.793. The predicted octanol–water partition coefficient (Wildman–Crippen LogP) is 0.829.